The van der Waals surface area contributed by atoms with Gasteiger partial charge in [0.25, 0.3) is 0 Å². The molecule has 0 N–H and O–H groups in total. The van der Waals surface area contributed by atoms with Gasteiger partial charge in [-0.25, -0.2) is 9.97 Å². The third kappa shape index (κ3) is 3.80. The number of rotatable bonds is 2. The summed E-state index contributed by atoms with van der Waals surface area (Å²) in [5.41, 5.74) is 10.2. The first kappa shape index (κ1) is 29.7. The van der Waals surface area contributed by atoms with E-state index in [0.717, 1.165) is 33.7 Å². The topological polar surface area (TPSA) is 30.7 Å². The van der Waals surface area contributed by atoms with Gasteiger partial charge >= 0.3 is 0 Å². The van der Waals surface area contributed by atoms with E-state index in [9.17, 15) is 0 Å². The Labute approximate surface area is 311 Å². The Bertz CT molecular complexity index is 3400. The molecule has 11 aromatic rings. The van der Waals surface area contributed by atoms with Gasteiger partial charge in [0, 0.05) is 49.2 Å². The smallest absolute Gasteiger partial charge is 0.160 e. The molecule has 0 spiro atoms. The van der Waals surface area contributed by atoms with E-state index in [1.54, 1.807) is 0 Å². The van der Waals surface area contributed by atoms with Gasteiger partial charge in [-0.3, -0.25) is 0 Å². The van der Waals surface area contributed by atoms with Crippen molar-refractivity contribution in [2.45, 2.75) is 19.3 Å². The van der Waals surface area contributed by atoms with Gasteiger partial charge in [-0.2, -0.15) is 0 Å². The molecule has 1 aliphatic carbocycles. The van der Waals surface area contributed by atoms with Crippen molar-refractivity contribution in [3.63, 3.8) is 0 Å². The van der Waals surface area contributed by atoms with Crippen LogP contribution in [0.25, 0.3) is 104 Å². The van der Waals surface area contributed by atoms with Crippen LogP contribution in [0.1, 0.15) is 25.0 Å². The fraction of sp³-hybridized carbons (Fsp3) is 0.0588. The fourth-order valence-electron chi connectivity index (χ4n) is 9.77. The van der Waals surface area contributed by atoms with Crippen molar-refractivity contribution < 1.29 is 0 Å². The molecule has 0 radical (unpaired) electrons. The van der Waals surface area contributed by atoms with E-state index in [1.807, 2.05) is 0 Å². The van der Waals surface area contributed by atoms with E-state index in [0.29, 0.717) is 0 Å². The van der Waals surface area contributed by atoms with Crippen LogP contribution >= 0.6 is 0 Å². The van der Waals surface area contributed by atoms with Crippen molar-refractivity contribution in [3.05, 3.63) is 175 Å². The molecule has 0 amide bonds. The third-order valence-corrected chi connectivity index (χ3v) is 12.1. The van der Waals surface area contributed by atoms with Gasteiger partial charge in [-0.15, -0.1) is 0 Å². The molecule has 0 bridgehead atoms. The van der Waals surface area contributed by atoms with Crippen molar-refractivity contribution in [2.24, 2.45) is 0 Å². The lowest BCUT2D eigenvalue weighted by Gasteiger charge is -2.34. The van der Waals surface area contributed by atoms with E-state index in [-0.39, 0.29) is 5.41 Å². The SMILES string of the molecule is CC1(C)c2ccccc2-c2nc(-c3ccc(-n4c5ccccc5c5c6c7ccccc7c7ccccc7c6c6ccccc6c54)cc3)nc3cccc1c23. The van der Waals surface area contributed by atoms with E-state index in [2.05, 4.69) is 182 Å². The average Bonchev–Trinajstić information content (AvgIpc) is 3.58. The second-order valence-electron chi connectivity index (χ2n) is 15.3. The summed E-state index contributed by atoms with van der Waals surface area (Å²) in [6.45, 7) is 4.61. The minimum Gasteiger partial charge on any atom is -0.309 e. The molecule has 54 heavy (non-hydrogen) atoms. The first-order valence-electron chi connectivity index (χ1n) is 18.8. The Morgan fingerprint density at radius 2 is 1.00 bits per heavy atom. The molecule has 9 aromatic carbocycles. The highest BCUT2D eigenvalue weighted by atomic mass is 15.0. The minimum absolute atomic E-state index is 0.132. The van der Waals surface area contributed by atoms with Gasteiger partial charge in [-0.1, -0.05) is 141 Å². The second kappa shape index (κ2) is 10.6. The van der Waals surface area contributed by atoms with Gasteiger partial charge in [0.05, 0.1) is 22.2 Å². The number of aromatic nitrogens is 3. The molecule has 3 nitrogen and oxygen atoms in total. The molecule has 0 atom stereocenters. The van der Waals surface area contributed by atoms with Crippen LogP contribution < -0.4 is 0 Å². The molecule has 1 aliphatic rings. The van der Waals surface area contributed by atoms with Crippen molar-refractivity contribution in [2.75, 3.05) is 0 Å². The van der Waals surface area contributed by atoms with E-state index >= 15 is 0 Å². The molecule has 12 rings (SSSR count). The number of nitrogens with zero attached hydrogens (tertiary/aromatic N) is 3. The molecule has 0 unspecified atom stereocenters. The van der Waals surface area contributed by atoms with Crippen LogP contribution in [-0.2, 0) is 5.41 Å². The standard InChI is InChI=1S/C51H33N3/c1-51(2)40-22-11-9-20-38(40)48-47-41(51)23-13-24-42(47)52-50(53-48)30-26-28-31(29-27-30)54-43-25-12-10-21-39(43)46-45-35-17-6-4-15-33(35)32-14-3-5-16-34(32)44(45)36-18-7-8-19-37(36)49(46)54/h3-29H,1-2H3. The van der Waals surface area contributed by atoms with Crippen LogP contribution in [-0.4, -0.2) is 14.5 Å². The van der Waals surface area contributed by atoms with Gasteiger partial charge in [0.15, 0.2) is 5.82 Å². The van der Waals surface area contributed by atoms with Crippen LogP contribution in [0.4, 0.5) is 0 Å². The van der Waals surface area contributed by atoms with Crippen LogP contribution in [0.5, 0.6) is 0 Å². The highest BCUT2D eigenvalue weighted by Gasteiger charge is 2.34. The number of benzene rings is 9. The summed E-state index contributed by atoms with van der Waals surface area (Å²) in [5.74, 6) is 0.743. The number of hydrogen-bond acceptors (Lipinski definition) is 2. The van der Waals surface area contributed by atoms with E-state index in [1.165, 1.54) is 81.6 Å². The molecule has 0 fully saturated rings. The molecule has 2 heterocycles. The van der Waals surface area contributed by atoms with Crippen LogP contribution in [0.15, 0.2) is 164 Å². The van der Waals surface area contributed by atoms with Gasteiger partial charge < -0.3 is 4.57 Å². The minimum atomic E-state index is -0.132. The maximum absolute atomic E-state index is 5.31. The summed E-state index contributed by atoms with van der Waals surface area (Å²) in [5, 5.41) is 14.0. The summed E-state index contributed by atoms with van der Waals surface area (Å²) in [4.78, 5) is 10.5. The molecule has 0 saturated carbocycles. The lowest BCUT2D eigenvalue weighted by atomic mass is 9.70. The van der Waals surface area contributed by atoms with Crippen LogP contribution in [0.2, 0.25) is 0 Å². The molecule has 0 aliphatic heterocycles. The monoisotopic (exact) mass is 687 g/mol. The third-order valence-electron chi connectivity index (χ3n) is 12.1. The van der Waals surface area contributed by atoms with Crippen LogP contribution in [0, 0.1) is 0 Å². The quantitative estimate of drug-likeness (QED) is 0.169. The maximum Gasteiger partial charge on any atom is 0.160 e. The zero-order valence-corrected chi connectivity index (χ0v) is 29.9. The lowest BCUT2D eigenvalue weighted by Crippen LogP contribution is -2.24. The van der Waals surface area contributed by atoms with Crippen molar-refractivity contribution in [3.8, 4) is 28.3 Å². The Morgan fingerprint density at radius 3 is 1.74 bits per heavy atom. The molecular formula is C51H33N3. The Hall–Kier alpha value is -6.84. The number of hydrogen-bond donors (Lipinski definition) is 0. The Morgan fingerprint density at radius 1 is 0.426 bits per heavy atom. The predicted molar refractivity (Wildman–Crippen MR) is 227 cm³/mol. The summed E-state index contributed by atoms with van der Waals surface area (Å²) < 4.78 is 2.47. The zero-order valence-electron chi connectivity index (χ0n) is 29.9. The summed E-state index contributed by atoms with van der Waals surface area (Å²) >= 11 is 0. The van der Waals surface area contributed by atoms with Gasteiger partial charge in [0.2, 0.25) is 0 Å². The average molecular weight is 688 g/mol. The fourth-order valence-corrected chi connectivity index (χ4v) is 9.77. The zero-order chi connectivity index (χ0) is 35.7. The lowest BCUT2D eigenvalue weighted by molar-refractivity contribution is 0.644. The van der Waals surface area contributed by atoms with Crippen molar-refractivity contribution >= 4 is 75.8 Å². The second-order valence-corrected chi connectivity index (χ2v) is 15.3. The Balaban J connectivity index is 1.14. The molecule has 0 saturated heterocycles. The van der Waals surface area contributed by atoms with Gasteiger partial charge in [-0.05, 0) is 79.8 Å². The Kier molecular flexibility index (Phi) is 5.84. The molecule has 2 aromatic heterocycles. The van der Waals surface area contributed by atoms with E-state index < -0.39 is 0 Å². The normalized spacial score (nSPS) is 13.5. The maximum atomic E-state index is 5.31. The summed E-state index contributed by atoms with van der Waals surface area (Å²) in [7, 11) is 0. The molecule has 3 heteroatoms. The molecule has 252 valence electrons. The first-order valence-corrected chi connectivity index (χ1v) is 18.8. The van der Waals surface area contributed by atoms with Gasteiger partial charge in [0.1, 0.15) is 0 Å². The number of fused-ring (bicyclic) bond motifs is 15. The highest BCUT2D eigenvalue weighted by molar-refractivity contribution is 6.42. The molecular weight excluding hydrogens is 655 g/mol. The van der Waals surface area contributed by atoms with E-state index in [4.69, 9.17) is 9.97 Å². The summed E-state index contributed by atoms with van der Waals surface area (Å²) in [6.07, 6.45) is 0. The highest BCUT2D eigenvalue weighted by Crippen LogP contribution is 2.49. The van der Waals surface area contributed by atoms with Crippen LogP contribution in [0.3, 0.4) is 0 Å². The predicted octanol–water partition coefficient (Wildman–Crippen LogP) is 13.3. The number of para-hydroxylation sites is 1. The largest absolute Gasteiger partial charge is 0.309 e. The van der Waals surface area contributed by atoms with Crippen molar-refractivity contribution in [1.29, 1.82) is 0 Å². The summed E-state index contributed by atoms with van der Waals surface area (Å²) in [6, 6.07) is 59.8. The first-order chi connectivity index (χ1) is 26.6. The van der Waals surface area contributed by atoms with Crippen molar-refractivity contribution in [1.82, 2.24) is 14.5 Å².